The Balaban J connectivity index is 1.53. The average Bonchev–Trinajstić information content (AvgIpc) is 2.63. The molecule has 0 radical (unpaired) electrons. The second-order valence-corrected chi connectivity index (χ2v) is 6.42. The van der Waals surface area contributed by atoms with E-state index < -0.39 is 0 Å². The third kappa shape index (κ3) is 4.01. The number of piperidine rings is 1. The molecule has 2 aromatic rings. The summed E-state index contributed by atoms with van der Waals surface area (Å²) in [4.78, 5) is 24.2. The van der Waals surface area contributed by atoms with Crippen LogP contribution < -0.4 is 10.2 Å². The summed E-state index contributed by atoms with van der Waals surface area (Å²) in [6.45, 7) is 1.67. The topological polar surface area (TPSA) is 58.1 Å². The quantitative estimate of drug-likeness (QED) is 0.874. The molecular weight excluding hydrogens is 308 g/mol. The predicted octanol–water partition coefficient (Wildman–Crippen LogP) is 3.05. The molecule has 0 saturated carbocycles. The van der Waals surface area contributed by atoms with Crippen LogP contribution in [0.25, 0.3) is 0 Å². The Hall–Kier alpha value is -2.08. The number of carbonyl (C=O) groups excluding carboxylic acids is 1. The van der Waals surface area contributed by atoms with Crippen LogP contribution in [0.15, 0.2) is 47.8 Å². The maximum absolute atomic E-state index is 12.4. The fraction of sp³-hybridized carbons (Fsp3) is 0.353. The van der Waals surface area contributed by atoms with E-state index in [0.29, 0.717) is 0 Å². The lowest BCUT2D eigenvalue weighted by molar-refractivity contribution is -0.120. The maximum Gasteiger partial charge on any atom is 0.227 e. The molecule has 1 aromatic carbocycles. The summed E-state index contributed by atoms with van der Waals surface area (Å²) in [7, 11) is 0. The Morgan fingerprint density at radius 1 is 1.22 bits per heavy atom. The van der Waals surface area contributed by atoms with Crippen LogP contribution in [-0.4, -0.2) is 35.2 Å². The highest BCUT2D eigenvalue weighted by molar-refractivity contribution is 7.98. The highest BCUT2D eigenvalue weighted by Gasteiger charge is 2.25. The van der Waals surface area contributed by atoms with E-state index in [1.165, 1.54) is 4.90 Å². The summed E-state index contributed by atoms with van der Waals surface area (Å²) >= 11 is 1.69. The zero-order valence-corrected chi connectivity index (χ0v) is 13.9. The van der Waals surface area contributed by atoms with E-state index in [4.69, 9.17) is 0 Å². The van der Waals surface area contributed by atoms with Crippen molar-refractivity contribution in [1.29, 1.82) is 0 Å². The van der Waals surface area contributed by atoms with Gasteiger partial charge in [0.25, 0.3) is 0 Å². The fourth-order valence-electron chi connectivity index (χ4n) is 2.74. The number of benzene rings is 1. The number of aromatic nitrogens is 2. The van der Waals surface area contributed by atoms with E-state index >= 15 is 0 Å². The molecule has 23 heavy (non-hydrogen) atoms. The van der Waals surface area contributed by atoms with Crippen molar-refractivity contribution in [2.75, 3.05) is 29.6 Å². The van der Waals surface area contributed by atoms with Crippen molar-refractivity contribution in [1.82, 2.24) is 9.97 Å². The summed E-state index contributed by atoms with van der Waals surface area (Å²) in [5.41, 5.74) is 0.865. The van der Waals surface area contributed by atoms with Crippen molar-refractivity contribution in [2.45, 2.75) is 17.7 Å². The summed E-state index contributed by atoms with van der Waals surface area (Å²) in [6.07, 6.45) is 8.86. The van der Waals surface area contributed by atoms with Crippen molar-refractivity contribution < 1.29 is 4.79 Å². The van der Waals surface area contributed by atoms with Crippen molar-refractivity contribution in [3.8, 4) is 0 Å². The molecule has 1 amide bonds. The van der Waals surface area contributed by atoms with Gasteiger partial charge in [-0.15, -0.1) is 11.8 Å². The third-order valence-corrected chi connectivity index (χ3v) is 4.84. The molecule has 0 atom stereocenters. The van der Waals surface area contributed by atoms with Gasteiger partial charge in [-0.1, -0.05) is 0 Å². The molecule has 3 rings (SSSR count). The Kier molecular flexibility index (Phi) is 5.12. The Labute approximate surface area is 140 Å². The lowest BCUT2D eigenvalue weighted by Crippen LogP contribution is -2.38. The smallest absolute Gasteiger partial charge is 0.227 e. The summed E-state index contributed by atoms with van der Waals surface area (Å²) in [6, 6.07) is 7.96. The van der Waals surface area contributed by atoms with Crippen LogP contribution in [-0.2, 0) is 4.79 Å². The Morgan fingerprint density at radius 3 is 2.57 bits per heavy atom. The number of hydrogen-bond acceptors (Lipinski definition) is 5. The standard InChI is InChI=1S/C17H20N4OS/c1-23-15-4-2-14(3-5-15)20-17(22)13-6-10-21(11-7-13)16-12-18-8-9-19-16/h2-5,8-9,12-13H,6-7,10-11H2,1H3,(H,20,22). The number of amides is 1. The van der Waals surface area contributed by atoms with Gasteiger partial charge in [0, 0.05) is 42.0 Å². The second-order valence-electron chi connectivity index (χ2n) is 5.54. The normalized spacial score (nSPS) is 15.4. The van der Waals surface area contributed by atoms with Crippen molar-refractivity contribution in [3.05, 3.63) is 42.9 Å². The van der Waals surface area contributed by atoms with Gasteiger partial charge in [0.2, 0.25) is 5.91 Å². The van der Waals surface area contributed by atoms with E-state index in [2.05, 4.69) is 20.2 Å². The monoisotopic (exact) mass is 328 g/mol. The van der Waals surface area contributed by atoms with Gasteiger partial charge in [-0.3, -0.25) is 9.78 Å². The first kappa shape index (κ1) is 15.8. The number of nitrogens with one attached hydrogen (secondary N) is 1. The predicted molar refractivity (Wildman–Crippen MR) is 93.8 cm³/mol. The minimum absolute atomic E-state index is 0.0585. The lowest BCUT2D eigenvalue weighted by atomic mass is 9.96. The largest absolute Gasteiger partial charge is 0.355 e. The van der Waals surface area contributed by atoms with Gasteiger partial charge in [-0.25, -0.2) is 4.98 Å². The molecule has 1 N–H and O–H groups in total. The first-order valence-corrected chi connectivity index (χ1v) is 8.94. The summed E-state index contributed by atoms with van der Waals surface area (Å²) in [5, 5.41) is 3.02. The first-order valence-electron chi connectivity index (χ1n) is 7.72. The molecule has 1 aliphatic rings. The van der Waals surface area contributed by atoms with Crippen LogP contribution in [0.2, 0.25) is 0 Å². The van der Waals surface area contributed by atoms with E-state index in [9.17, 15) is 4.79 Å². The highest BCUT2D eigenvalue weighted by atomic mass is 32.2. The molecule has 2 heterocycles. The molecule has 6 heteroatoms. The highest BCUT2D eigenvalue weighted by Crippen LogP contribution is 2.23. The Bertz CT molecular complexity index is 639. The number of nitrogens with zero attached hydrogens (tertiary/aromatic N) is 3. The fourth-order valence-corrected chi connectivity index (χ4v) is 3.15. The third-order valence-electron chi connectivity index (χ3n) is 4.10. The SMILES string of the molecule is CSc1ccc(NC(=O)C2CCN(c3cnccn3)CC2)cc1. The van der Waals surface area contributed by atoms with Gasteiger partial charge in [0.1, 0.15) is 5.82 Å². The molecule has 120 valence electrons. The van der Waals surface area contributed by atoms with E-state index in [1.807, 2.05) is 30.5 Å². The van der Waals surface area contributed by atoms with Crippen molar-refractivity contribution in [2.24, 2.45) is 5.92 Å². The summed E-state index contributed by atoms with van der Waals surface area (Å²) < 4.78 is 0. The van der Waals surface area contributed by atoms with E-state index in [-0.39, 0.29) is 11.8 Å². The second kappa shape index (κ2) is 7.46. The van der Waals surface area contributed by atoms with Gasteiger partial charge in [0.15, 0.2) is 0 Å². The number of thioether (sulfide) groups is 1. The van der Waals surface area contributed by atoms with Crippen LogP contribution in [0.5, 0.6) is 0 Å². The molecule has 0 bridgehead atoms. The molecule has 1 fully saturated rings. The minimum Gasteiger partial charge on any atom is -0.355 e. The molecule has 0 spiro atoms. The molecule has 0 aliphatic carbocycles. The molecule has 1 aromatic heterocycles. The number of anilines is 2. The summed E-state index contributed by atoms with van der Waals surface area (Å²) in [5.74, 6) is 1.06. The number of carbonyl (C=O) groups is 1. The first-order chi connectivity index (χ1) is 11.3. The van der Waals surface area contributed by atoms with Crippen LogP contribution >= 0.6 is 11.8 Å². The van der Waals surface area contributed by atoms with Crippen LogP contribution in [0, 0.1) is 5.92 Å². The minimum atomic E-state index is 0.0585. The molecule has 1 saturated heterocycles. The van der Waals surface area contributed by atoms with Crippen LogP contribution in [0.3, 0.4) is 0 Å². The van der Waals surface area contributed by atoms with Crippen LogP contribution in [0.4, 0.5) is 11.5 Å². The van der Waals surface area contributed by atoms with Crippen molar-refractivity contribution in [3.63, 3.8) is 0 Å². The average molecular weight is 328 g/mol. The van der Waals surface area contributed by atoms with Gasteiger partial charge in [0.05, 0.1) is 6.20 Å². The van der Waals surface area contributed by atoms with E-state index in [0.717, 1.165) is 37.4 Å². The van der Waals surface area contributed by atoms with Crippen LogP contribution in [0.1, 0.15) is 12.8 Å². The van der Waals surface area contributed by atoms with Gasteiger partial charge >= 0.3 is 0 Å². The van der Waals surface area contributed by atoms with Gasteiger partial charge in [-0.2, -0.15) is 0 Å². The number of rotatable bonds is 4. The number of hydrogen-bond donors (Lipinski definition) is 1. The molecule has 5 nitrogen and oxygen atoms in total. The zero-order chi connectivity index (χ0) is 16.1. The molecule has 0 unspecified atom stereocenters. The molecular formula is C17H20N4OS. The molecule has 1 aliphatic heterocycles. The van der Waals surface area contributed by atoms with Gasteiger partial charge < -0.3 is 10.2 Å². The maximum atomic E-state index is 12.4. The Morgan fingerprint density at radius 2 is 1.96 bits per heavy atom. The van der Waals surface area contributed by atoms with Gasteiger partial charge in [-0.05, 0) is 43.4 Å². The lowest BCUT2D eigenvalue weighted by Gasteiger charge is -2.31. The van der Waals surface area contributed by atoms with E-state index in [1.54, 1.807) is 30.4 Å². The zero-order valence-electron chi connectivity index (χ0n) is 13.1. The van der Waals surface area contributed by atoms with Crippen molar-refractivity contribution >= 4 is 29.2 Å².